The second-order valence-corrected chi connectivity index (χ2v) is 1.88. The summed E-state index contributed by atoms with van der Waals surface area (Å²) < 4.78 is 1.64. The van der Waals surface area contributed by atoms with Gasteiger partial charge in [0.1, 0.15) is 0 Å². The fraction of sp³-hybridized carbons (Fsp3) is 0. The van der Waals surface area contributed by atoms with Gasteiger partial charge in [-0.1, -0.05) is 0 Å². The molecule has 7 heteroatoms. The van der Waals surface area contributed by atoms with Crippen LogP contribution in [-0.4, -0.2) is 35.0 Å². The number of hydrogen-bond donors (Lipinski definition) is 1. The number of aromatic amines is 1. The van der Waals surface area contributed by atoms with Gasteiger partial charge in [0.2, 0.25) is 0 Å². The van der Waals surface area contributed by atoms with Crippen molar-refractivity contribution >= 4 is 17.3 Å². The molecule has 0 amide bonds. The number of aromatic nitrogens is 7. The maximum Gasteiger partial charge on any atom is 0.278 e. The molecule has 0 aliphatic carbocycles. The van der Waals surface area contributed by atoms with E-state index in [1.165, 1.54) is 0 Å². The summed E-state index contributed by atoms with van der Waals surface area (Å²) in [5, 5.41) is 21.3. The largest absolute Gasteiger partial charge is 0.278 e. The fourth-order valence-electron chi connectivity index (χ4n) is 0.904. The van der Waals surface area contributed by atoms with Crippen molar-refractivity contribution in [2.75, 3.05) is 0 Å². The lowest BCUT2D eigenvalue weighted by Gasteiger charge is -1.67. The Morgan fingerprint density at radius 1 is 1.00 bits per heavy atom. The first-order valence-electron chi connectivity index (χ1n) is 2.66. The maximum absolute atomic E-state index is 3.80. The SMILES string of the molecule is n1nc2n[nH]c3nnc1n23. The summed E-state index contributed by atoms with van der Waals surface area (Å²) in [5.74, 6) is 1.57. The smallest absolute Gasteiger partial charge is 0.241 e. The van der Waals surface area contributed by atoms with Crippen LogP contribution in [0.1, 0.15) is 0 Å². The lowest BCUT2D eigenvalue weighted by atomic mass is 11.0. The van der Waals surface area contributed by atoms with Gasteiger partial charge in [-0.3, -0.25) is 0 Å². The van der Waals surface area contributed by atoms with Crippen molar-refractivity contribution in [3.8, 4) is 0 Å². The zero-order valence-electron chi connectivity index (χ0n) is 4.68. The average molecular weight is 135 g/mol. The van der Waals surface area contributed by atoms with Crippen molar-refractivity contribution in [2.45, 2.75) is 0 Å². The van der Waals surface area contributed by atoms with E-state index in [0.29, 0.717) is 17.3 Å². The zero-order chi connectivity index (χ0) is 6.55. The Morgan fingerprint density at radius 3 is 2.80 bits per heavy atom. The van der Waals surface area contributed by atoms with E-state index in [4.69, 9.17) is 0 Å². The summed E-state index contributed by atoms with van der Waals surface area (Å²) in [6, 6.07) is 0. The minimum atomic E-state index is 0.485. The first kappa shape index (κ1) is 4.09. The predicted octanol–water partition coefficient (Wildman–Crippen LogP) is -1.17. The topological polar surface area (TPSA) is 84.6 Å². The normalized spacial score (nSPS) is 12.0. The quantitative estimate of drug-likeness (QED) is 0.420. The van der Waals surface area contributed by atoms with Crippen LogP contribution in [0.4, 0.5) is 0 Å². The van der Waals surface area contributed by atoms with Crippen molar-refractivity contribution in [1.82, 2.24) is 35.0 Å². The van der Waals surface area contributed by atoms with Crippen molar-refractivity contribution in [1.29, 1.82) is 0 Å². The highest BCUT2D eigenvalue weighted by Gasteiger charge is 2.10. The third-order valence-corrected chi connectivity index (χ3v) is 1.33. The molecule has 0 aliphatic heterocycles. The molecule has 0 spiro atoms. The molecule has 0 aliphatic rings. The molecule has 0 unspecified atom stereocenters. The van der Waals surface area contributed by atoms with Crippen LogP contribution in [0.5, 0.6) is 0 Å². The monoisotopic (exact) mass is 135 g/mol. The van der Waals surface area contributed by atoms with Gasteiger partial charge in [0.25, 0.3) is 17.3 Å². The van der Waals surface area contributed by atoms with Crippen molar-refractivity contribution in [2.24, 2.45) is 0 Å². The Hall–Kier alpha value is -1.79. The van der Waals surface area contributed by atoms with E-state index < -0.39 is 0 Å². The van der Waals surface area contributed by atoms with E-state index in [1.54, 1.807) is 4.40 Å². The van der Waals surface area contributed by atoms with Crippen LogP contribution < -0.4 is 0 Å². The van der Waals surface area contributed by atoms with Crippen LogP contribution in [-0.2, 0) is 0 Å². The van der Waals surface area contributed by atoms with Gasteiger partial charge in [-0.25, -0.2) is 9.50 Å². The highest BCUT2D eigenvalue weighted by molar-refractivity contribution is 5.50. The molecule has 3 aromatic heterocycles. The van der Waals surface area contributed by atoms with Crippen LogP contribution in [0, 0.1) is 0 Å². The van der Waals surface area contributed by atoms with Crippen LogP contribution in [0.15, 0.2) is 0 Å². The third-order valence-electron chi connectivity index (χ3n) is 1.33. The van der Waals surface area contributed by atoms with Gasteiger partial charge in [0.15, 0.2) is 0 Å². The Morgan fingerprint density at radius 2 is 1.80 bits per heavy atom. The molecule has 0 bridgehead atoms. The molecule has 3 heterocycles. The first-order chi connectivity index (χ1) is 4.95. The molecule has 0 saturated heterocycles. The number of nitrogens with zero attached hydrogens (tertiary/aromatic N) is 6. The number of hydrogen-bond acceptors (Lipinski definition) is 5. The summed E-state index contributed by atoms with van der Waals surface area (Å²) in [5.41, 5.74) is 0. The molecule has 10 heavy (non-hydrogen) atoms. The van der Waals surface area contributed by atoms with E-state index >= 15 is 0 Å². The zero-order valence-corrected chi connectivity index (χ0v) is 4.68. The van der Waals surface area contributed by atoms with Crippen LogP contribution in [0.25, 0.3) is 17.3 Å². The molecule has 0 aromatic carbocycles. The first-order valence-corrected chi connectivity index (χ1v) is 2.66. The Labute approximate surface area is 53.4 Å². The molecular weight excluding hydrogens is 134 g/mol. The van der Waals surface area contributed by atoms with Crippen molar-refractivity contribution in [3.05, 3.63) is 0 Å². The average Bonchev–Trinajstić information content (AvgIpc) is 2.56. The minimum Gasteiger partial charge on any atom is -0.241 e. The second-order valence-electron chi connectivity index (χ2n) is 1.88. The Bertz CT molecular complexity index is 361. The maximum atomic E-state index is 3.80. The number of rotatable bonds is 0. The Balaban J connectivity index is 2.92. The van der Waals surface area contributed by atoms with Gasteiger partial charge in [0, 0.05) is 0 Å². The molecule has 0 radical (unpaired) electrons. The highest BCUT2D eigenvalue weighted by atomic mass is 15.5. The summed E-state index contributed by atoms with van der Waals surface area (Å²) in [6.45, 7) is 0. The highest BCUT2D eigenvalue weighted by Crippen LogP contribution is 2.03. The van der Waals surface area contributed by atoms with Gasteiger partial charge in [-0.05, 0) is 0 Å². The minimum absolute atomic E-state index is 0.485. The van der Waals surface area contributed by atoms with Gasteiger partial charge < -0.3 is 0 Å². The number of nitrogens with one attached hydrogen (secondary N) is 1. The van der Waals surface area contributed by atoms with E-state index in [1.807, 2.05) is 0 Å². The molecule has 3 rings (SSSR count). The van der Waals surface area contributed by atoms with Crippen molar-refractivity contribution < 1.29 is 0 Å². The lowest BCUT2D eigenvalue weighted by molar-refractivity contribution is 1.06. The van der Waals surface area contributed by atoms with Gasteiger partial charge >= 0.3 is 0 Å². The molecule has 0 atom stereocenters. The van der Waals surface area contributed by atoms with E-state index in [9.17, 15) is 0 Å². The van der Waals surface area contributed by atoms with E-state index in [0.717, 1.165) is 0 Å². The van der Waals surface area contributed by atoms with Gasteiger partial charge in [0.05, 0.1) is 0 Å². The van der Waals surface area contributed by atoms with Crippen molar-refractivity contribution in [3.63, 3.8) is 0 Å². The molecule has 1 N–H and O–H groups in total. The summed E-state index contributed by atoms with van der Waals surface area (Å²) in [6.07, 6.45) is 0. The Kier molecular flexibility index (Phi) is 0.433. The molecule has 3 aromatic rings. The van der Waals surface area contributed by atoms with E-state index in [-0.39, 0.29) is 0 Å². The second kappa shape index (κ2) is 1.06. The summed E-state index contributed by atoms with van der Waals surface area (Å²) in [4.78, 5) is 0. The lowest BCUT2D eigenvalue weighted by Crippen LogP contribution is -1.73. The van der Waals surface area contributed by atoms with Gasteiger partial charge in [-0.2, -0.15) is 0 Å². The molecule has 48 valence electrons. The van der Waals surface area contributed by atoms with E-state index in [2.05, 4.69) is 30.6 Å². The number of H-pyrrole nitrogens is 1. The standard InChI is InChI=1S/C3HN7/c4-1-5-7-3-9-8-2(6-4)10(1)3/h(H,4,5). The van der Waals surface area contributed by atoms with Gasteiger partial charge in [-0.15, -0.1) is 25.5 Å². The predicted molar refractivity (Wildman–Crippen MR) is 29.4 cm³/mol. The van der Waals surface area contributed by atoms with Crippen LogP contribution in [0.2, 0.25) is 0 Å². The molecular formula is C3HN7. The third kappa shape index (κ3) is 0.265. The summed E-state index contributed by atoms with van der Waals surface area (Å²) >= 11 is 0. The summed E-state index contributed by atoms with van der Waals surface area (Å²) in [7, 11) is 0. The fourth-order valence-corrected chi connectivity index (χ4v) is 0.904. The molecule has 7 nitrogen and oxygen atoms in total. The molecule has 0 fully saturated rings. The van der Waals surface area contributed by atoms with Crippen LogP contribution in [0.3, 0.4) is 0 Å². The molecule has 0 saturated carbocycles. The van der Waals surface area contributed by atoms with Crippen LogP contribution >= 0.6 is 0 Å².